The molecule has 0 aliphatic rings. The van der Waals surface area contributed by atoms with Crippen molar-refractivity contribution in [1.29, 1.82) is 10.5 Å². The maximum absolute atomic E-state index is 13.5. The molecule has 0 aliphatic heterocycles. The molecule has 0 radical (unpaired) electrons. The van der Waals surface area contributed by atoms with Crippen molar-refractivity contribution < 1.29 is 8.78 Å². The largest absolute Gasteiger partial charge is 0.367 e. The van der Waals surface area contributed by atoms with Crippen LogP contribution >= 0.6 is 0 Å². The molecule has 1 aromatic carbocycles. The molecular formula is C12H11F2N3. The number of anilines is 1. The van der Waals surface area contributed by atoms with Crippen molar-refractivity contribution in [2.75, 3.05) is 18.0 Å². The van der Waals surface area contributed by atoms with Crippen molar-refractivity contribution in [3.05, 3.63) is 29.8 Å². The van der Waals surface area contributed by atoms with Gasteiger partial charge >= 0.3 is 0 Å². The highest BCUT2D eigenvalue weighted by Crippen LogP contribution is 2.20. The van der Waals surface area contributed by atoms with E-state index >= 15 is 0 Å². The monoisotopic (exact) mass is 235 g/mol. The molecule has 0 spiro atoms. The third-order valence-electron chi connectivity index (χ3n) is 2.24. The first kappa shape index (κ1) is 12.9. The molecule has 0 aromatic heterocycles. The Bertz CT molecular complexity index is 442. The summed E-state index contributed by atoms with van der Waals surface area (Å²) in [6.45, 7) is 0.640. The van der Waals surface area contributed by atoms with E-state index in [1.54, 1.807) is 4.90 Å². The Morgan fingerprint density at radius 2 is 1.65 bits per heavy atom. The second kappa shape index (κ2) is 6.44. The van der Waals surface area contributed by atoms with Gasteiger partial charge in [-0.1, -0.05) is 0 Å². The quantitative estimate of drug-likeness (QED) is 0.788. The molecule has 0 amide bonds. The molecule has 1 aromatic rings. The van der Waals surface area contributed by atoms with E-state index in [2.05, 4.69) is 0 Å². The Kier molecular flexibility index (Phi) is 4.90. The van der Waals surface area contributed by atoms with Crippen LogP contribution in [0.1, 0.15) is 12.8 Å². The van der Waals surface area contributed by atoms with Gasteiger partial charge in [0.2, 0.25) is 0 Å². The minimum atomic E-state index is -0.680. The summed E-state index contributed by atoms with van der Waals surface area (Å²) in [5, 5.41) is 17.0. The van der Waals surface area contributed by atoms with E-state index in [-0.39, 0.29) is 18.5 Å². The van der Waals surface area contributed by atoms with Gasteiger partial charge < -0.3 is 4.90 Å². The molecule has 88 valence electrons. The van der Waals surface area contributed by atoms with Crippen LogP contribution in [0.5, 0.6) is 0 Å². The van der Waals surface area contributed by atoms with Crippen LogP contribution in [-0.2, 0) is 0 Å². The molecule has 0 bridgehead atoms. The summed E-state index contributed by atoms with van der Waals surface area (Å²) in [4.78, 5) is 1.57. The molecule has 0 fully saturated rings. The van der Waals surface area contributed by atoms with Gasteiger partial charge in [0.25, 0.3) is 0 Å². The molecule has 0 unspecified atom stereocenters. The molecule has 0 heterocycles. The first-order valence-electron chi connectivity index (χ1n) is 5.13. The number of hydrogen-bond acceptors (Lipinski definition) is 3. The maximum atomic E-state index is 13.5. The van der Waals surface area contributed by atoms with E-state index in [1.165, 1.54) is 6.07 Å². The fourth-order valence-corrected chi connectivity index (χ4v) is 1.46. The van der Waals surface area contributed by atoms with E-state index < -0.39 is 11.6 Å². The molecular weight excluding hydrogens is 224 g/mol. The van der Waals surface area contributed by atoms with E-state index in [4.69, 9.17) is 10.5 Å². The van der Waals surface area contributed by atoms with Crippen LogP contribution in [0.4, 0.5) is 14.5 Å². The van der Waals surface area contributed by atoms with Crippen LogP contribution < -0.4 is 4.90 Å². The van der Waals surface area contributed by atoms with Crippen LogP contribution in [-0.4, -0.2) is 13.1 Å². The predicted molar refractivity (Wildman–Crippen MR) is 59.0 cm³/mol. The molecule has 3 nitrogen and oxygen atoms in total. The average Bonchev–Trinajstić information content (AvgIpc) is 2.30. The molecule has 0 aliphatic carbocycles. The minimum absolute atomic E-state index is 0.219. The maximum Gasteiger partial charge on any atom is 0.149 e. The Labute approximate surface area is 98.5 Å². The summed E-state index contributed by atoms with van der Waals surface area (Å²) < 4.78 is 26.3. The third kappa shape index (κ3) is 3.73. The van der Waals surface area contributed by atoms with E-state index in [0.717, 1.165) is 12.1 Å². The molecule has 5 heteroatoms. The summed E-state index contributed by atoms with van der Waals surface area (Å²) in [6.07, 6.45) is 0.449. The van der Waals surface area contributed by atoms with Crippen molar-refractivity contribution in [2.24, 2.45) is 0 Å². The molecule has 0 saturated heterocycles. The number of rotatable bonds is 5. The molecule has 0 atom stereocenters. The number of nitrogens with zero attached hydrogens (tertiary/aromatic N) is 3. The van der Waals surface area contributed by atoms with Gasteiger partial charge in [-0.2, -0.15) is 10.5 Å². The van der Waals surface area contributed by atoms with E-state index in [0.29, 0.717) is 13.1 Å². The first-order chi connectivity index (χ1) is 8.19. The predicted octanol–water partition coefficient (Wildman–Crippen LogP) is 2.60. The Hall–Kier alpha value is -2.14. The zero-order chi connectivity index (χ0) is 12.7. The summed E-state index contributed by atoms with van der Waals surface area (Å²) in [7, 11) is 0. The molecule has 1 rings (SSSR count). The van der Waals surface area contributed by atoms with Gasteiger partial charge in [-0.05, 0) is 12.1 Å². The van der Waals surface area contributed by atoms with Crippen LogP contribution in [0.3, 0.4) is 0 Å². The summed E-state index contributed by atoms with van der Waals surface area (Å²) in [5.74, 6) is -1.33. The summed E-state index contributed by atoms with van der Waals surface area (Å²) >= 11 is 0. The van der Waals surface area contributed by atoms with Crippen molar-refractivity contribution in [3.63, 3.8) is 0 Å². The molecule has 0 N–H and O–H groups in total. The lowest BCUT2D eigenvalue weighted by Gasteiger charge is -2.23. The normalized spacial score (nSPS) is 9.41. The smallest absolute Gasteiger partial charge is 0.149 e. The Morgan fingerprint density at radius 3 is 2.12 bits per heavy atom. The van der Waals surface area contributed by atoms with Gasteiger partial charge in [-0.3, -0.25) is 0 Å². The fraction of sp³-hybridized carbons (Fsp3) is 0.333. The van der Waals surface area contributed by atoms with Crippen LogP contribution in [0.2, 0.25) is 0 Å². The number of hydrogen-bond donors (Lipinski definition) is 0. The highest BCUT2D eigenvalue weighted by atomic mass is 19.1. The fourth-order valence-electron chi connectivity index (χ4n) is 1.46. The van der Waals surface area contributed by atoms with Gasteiger partial charge in [0.15, 0.2) is 0 Å². The SMILES string of the molecule is N#CCCN(CCC#N)c1ccc(F)cc1F. The standard InChI is InChI=1S/C12H11F2N3/c13-10-3-4-12(11(14)9-10)17(7-1-5-15)8-2-6-16/h3-4,9H,1-2,7-8H2. The highest BCUT2D eigenvalue weighted by molar-refractivity contribution is 5.48. The highest BCUT2D eigenvalue weighted by Gasteiger charge is 2.11. The van der Waals surface area contributed by atoms with Gasteiger partial charge in [-0.15, -0.1) is 0 Å². The lowest BCUT2D eigenvalue weighted by Crippen LogP contribution is -2.26. The molecule has 17 heavy (non-hydrogen) atoms. The van der Waals surface area contributed by atoms with Crippen molar-refractivity contribution in [2.45, 2.75) is 12.8 Å². The second-order valence-corrected chi connectivity index (χ2v) is 3.40. The summed E-state index contributed by atoms with van der Waals surface area (Å²) in [6, 6.07) is 7.18. The number of benzene rings is 1. The van der Waals surface area contributed by atoms with Crippen LogP contribution in [0.25, 0.3) is 0 Å². The minimum Gasteiger partial charge on any atom is -0.367 e. The second-order valence-electron chi connectivity index (χ2n) is 3.40. The zero-order valence-corrected chi connectivity index (χ0v) is 9.16. The van der Waals surface area contributed by atoms with Crippen LogP contribution in [0, 0.1) is 34.3 Å². The van der Waals surface area contributed by atoms with Gasteiger partial charge in [-0.25, -0.2) is 8.78 Å². The van der Waals surface area contributed by atoms with Crippen LogP contribution in [0.15, 0.2) is 18.2 Å². The third-order valence-corrected chi connectivity index (χ3v) is 2.24. The Balaban J connectivity index is 2.88. The van der Waals surface area contributed by atoms with Crippen molar-refractivity contribution in [1.82, 2.24) is 0 Å². The lowest BCUT2D eigenvalue weighted by molar-refractivity contribution is 0.578. The zero-order valence-electron chi connectivity index (χ0n) is 9.16. The van der Waals surface area contributed by atoms with Gasteiger partial charge in [0.1, 0.15) is 11.6 Å². The molecule has 0 saturated carbocycles. The lowest BCUT2D eigenvalue weighted by atomic mass is 10.2. The Morgan fingerprint density at radius 1 is 1.06 bits per heavy atom. The number of nitriles is 2. The van der Waals surface area contributed by atoms with Crippen molar-refractivity contribution >= 4 is 5.69 Å². The van der Waals surface area contributed by atoms with Gasteiger partial charge in [0.05, 0.1) is 30.7 Å². The van der Waals surface area contributed by atoms with Gasteiger partial charge in [0, 0.05) is 19.2 Å². The number of halogens is 2. The first-order valence-corrected chi connectivity index (χ1v) is 5.13. The van der Waals surface area contributed by atoms with Crippen molar-refractivity contribution in [3.8, 4) is 12.1 Å². The average molecular weight is 235 g/mol. The van der Waals surface area contributed by atoms with E-state index in [9.17, 15) is 8.78 Å². The summed E-state index contributed by atoms with van der Waals surface area (Å²) in [5.41, 5.74) is 0.219. The van der Waals surface area contributed by atoms with E-state index in [1.807, 2.05) is 12.1 Å². The topological polar surface area (TPSA) is 50.8 Å².